The summed E-state index contributed by atoms with van der Waals surface area (Å²) < 4.78 is 11.1. The summed E-state index contributed by atoms with van der Waals surface area (Å²) in [7, 11) is 0. The Bertz CT molecular complexity index is 1200. The largest absolute Gasteiger partial charge is 0.444 e. The fraction of sp³-hybridized carbons (Fsp3) is 0.516. The van der Waals surface area contributed by atoms with Crippen LogP contribution in [0.1, 0.15) is 68.2 Å². The van der Waals surface area contributed by atoms with Crippen molar-refractivity contribution in [3.8, 4) is 0 Å². The van der Waals surface area contributed by atoms with Crippen LogP contribution in [0.5, 0.6) is 0 Å². The van der Waals surface area contributed by atoms with E-state index >= 15 is 0 Å². The molecule has 0 aliphatic carbocycles. The predicted molar refractivity (Wildman–Crippen MR) is 153 cm³/mol. The number of hydrogen-bond donors (Lipinski definition) is 2. The summed E-state index contributed by atoms with van der Waals surface area (Å²) in [5, 5.41) is 2.95. The van der Waals surface area contributed by atoms with Crippen LogP contribution in [0, 0.1) is 13.8 Å². The number of carbonyl (C=O) groups excluding carboxylic acids is 2. The molecular formula is C31H42N4O4. The van der Waals surface area contributed by atoms with Gasteiger partial charge >= 0.3 is 6.09 Å². The van der Waals surface area contributed by atoms with E-state index in [0.717, 1.165) is 12.0 Å². The molecule has 2 unspecified atom stereocenters. The van der Waals surface area contributed by atoms with Crippen molar-refractivity contribution in [2.45, 2.75) is 77.0 Å². The van der Waals surface area contributed by atoms with Crippen molar-refractivity contribution in [1.29, 1.82) is 0 Å². The molecule has 8 heteroatoms. The Morgan fingerprint density at radius 2 is 1.74 bits per heavy atom. The number of nitrogens with one attached hydrogen (secondary N) is 1. The average molecular weight is 535 g/mol. The number of aryl methyl sites for hydroxylation is 2. The van der Waals surface area contributed by atoms with Crippen LogP contribution in [0.25, 0.3) is 0 Å². The lowest BCUT2D eigenvalue weighted by Gasteiger charge is -2.44. The van der Waals surface area contributed by atoms with Gasteiger partial charge in [-0.05, 0) is 57.7 Å². The van der Waals surface area contributed by atoms with Gasteiger partial charge in [0, 0.05) is 50.6 Å². The van der Waals surface area contributed by atoms with Crippen LogP contribution in [0.4, 0.5) is 4.79 Å². The van der Waals surface area contributed by atoms with E-state index in [0.29, 0.717) is 45.0 Å². The third-order valence-electron chi connectivity index (χ3n) is 7.61. The van der Waals surface area contributed by atoms with Gasteiger partial charge in [-0.3, -0.25) is 9.79 Å². The van der Waals surface area contributed by atoms with Crippen LogP contribution in [-0.2, 0) is 14.3 Å². The summed E-state index contributed by atoms with van der Waals surface area (Å²) in [4.78, 5) is 33.9. The SMILES string of the molecule is Cc1ccc(C2CC(N=C(N)c3ccccc3)CN(C(=O)C3(NC(=O)OC(C)(C)C)CCOCC3)C2)cc1C. The number of rotatable bonds is 5. The minimum Gasteiger partial charge on any atom is -0.444 e. The quantitative estimate of drug-likeness (QED) is 0.435. The first-order valence-corrected chi connectivity index (χ1v) is 13.8. The highest BCUT2D eigenvalue weighted by Crippen LogP contribution is 2.33. The van der Waals surface area contributed by atoms with Gasteiger partial charge in [-0.2, -0.15) is 0 Å². The molecule has 0 aromatic heterocycles. The highest BCUT2D eigenvalue weighted by Gasteiger charge is 2.46. The Morgan fingerprint density at radius 1 is 1.05 bits per heavy atom. The molecule has 2 atom stereocenters. The Labute approximate surface area is 232 Å². The van der Waals surface area contributed by atoms with E-state index in [2.05, 4.69) is 37.4 Å². The number of likely N-dealkylation sites (tertiary alicyclic amines) is 1. The first-order valence-electron chi connectivity index (χ1n) is 13.8. The smallest absolute Gasteiger partial charge is 0.408 e. The van der Waals surface area contributed by atoms with Crippen molar-refractivity contribution in [3.05, 3.63) is 70.8 Å². The number of nitrogens with zero attached hydrogens (tertiary/aromatic N) is 2. The van der Waals surface area contributed by atoms with E-state index in [1.165, 1.54) is 16.7 Å². The van der Waals surface area contributed by atoms with Crippen LogP contribution < -0.4 is 11.1 Å². The zero-order valence-electron chi connectivity index (χ0n) is 23.8. The molecule has 0 radical (unpaired) electrons. The fourth-order valence-corrected chi connectivity index (χ4v) is 5.39. The van der Waals surface area contributed by atoms with Gasteiger partial charge in [-0.15, -0.1) is 0 Å². The van der Waals surface area contributed by atoms with Gasteiger partial charge in [0.2, 0.25) is 5.91 Å². The second-order valence-electron chi connectivity index (χ2n) is 11.8. The number of aliphatic imine (C=N–C) groups is 1. The van der Waals surface area contributed by atoms with E-state index < -0.39 is 17.2 Å². The van der Waals surface area contributed by atoms with Crippen LogP contribution in [0.3, 0.4) is 0 Å². The van der Waals surface area contributed by atoms with Crippen LogP contribution >= 0.6 is 0 Å². The Morgan fingerprint density at radius 3 is 2.38 bits per heavy atom. The molecule has 2 aromatic carbocycles. The molecule has 39 heavy (non-hydrogen) atoms. The normalized spacial score (nSPS) is 21.8. The van der Waals surface area contributed by atoms with Gasteiger partial charge in [0.25, 0.3) is 0 Å². The highest BCUT2D eigenvalue weighted by molar-refractivity contribution is 5.97. The zero-order valence-corrected chi connectivity index (χ0v) is 23.8. The van der Waals surface area contributed by atoms with Crippen molar-refractivity contribution >= 4 is 17.8 Å². The van der Waals surface area contributed by atoms with E-state index in [1.807, 2.05) is 56.0 Å². The van der Waals surface area contributed by atoms with Gasteiger partial charge < -0.3 is 25.4 Å². The first kappa shape index (κ1) is 28.6. The number of alkyl carbamates (subject to hydrolysis) is 1. The lowest BCUT2D eigenvalue weighted by molar-refractivity contribution is -0.144. The fourth-order valence-electron chi connectivity index (χ4n) is 5.39. The monoisotopic (exact) mass is 534 g/mol. The summed E-state index contributed by atoms with van der Waals surface area (Å²) in [6.07, 6.45) is 0.949. The Balaban J connectivity index is 1.65. The van der Waals surface area contributed by atoms with Crippen molar-refractivity contribution in [2.75, 3.05) is 26.3 Å². The summed E-state index contributed by atoms with van der Waals surface area (Å²) in [6, 6.07) is 16.0. The second kappa shape index (κ2) is 11.8. The molecule has 4 rings (SSSR count). The predicted octanol–water partition coefficient (Wildman–Crippen LogP) is 4.47. The number of hydrogen-bond acceptors (Lipinski definition) is 5. The molecular weight excluding hydrogens is 492 g/mol. The molecule has 2 amide bonds. The highest BCUT2D eigenvalue weighted by atomic mass is 16.6. The summed E-state index contributed by atoms with van der Waals surface area (Å²) in [5.74, 6) is 0.419. The van der Waals surface area contributed by atoms with Crippen LogP contribution in [0.2, 0.25) is 0 Å². The molecule has 2 fully saturated rings. The Hall–Kier alpha value is -3.39. The lowest BCUT2D eigenvalue weighted by Crippen LogP contribution is -2.64. The second-order valence-corrected chi connectivity index (χ2v) is 11.8. The standard InChI is InChI=1S/C31H42N4O4/c1-21-11-12-24(17-22(21)2)25-18-26(33-27(32)23-9-7-6-8-10-23)20-35(19-25)28(36)31(13-15-38-16-14-31)34-29(37)39-30(3,4)5/h6-12,17,25-26H,13-16,18-20H2,1-5H3,(H2,32,33)(H,34,37). The van der Waals surface area contributed by atoms with E-state index in [9.17, 15) is 9.59 Å². The molecule has 0 bridgehead atoms. The van der Waals surface area contributed by atoms with Gasteiger partial charge in [-0.25, -0.2) is 4.79 Å². The van der Waals surface area contributed by atoms with E-state index in [-0.39, 0.29) is 17.9 Å². The topological polar surface area (TPSA) is 106 Å². The molecule has 2 heterocycles. The summed E-state index contributed by atoms with van der Waals surface area (Å²) >= 11 is 0. The van der Waals surface area contributed by atoms with Crippen molar-refractivity contribution in [1.82, 2.24) is 10.2 Å². The van der Waals surface area contributed by atoms with E-state index in [1.54, 1.807) is 0 Å². The van der Waals surface area contributed by atoms with E-state index in [4.69, 9.17) is 20.2 Å². The van der Waals surface area contributed by atoms with Crippen LogP contribution in [-0.4, -0.2) is 66.2 Å². The molecule has 0 saturated carbocycles. The number of amides is 2. The Kier molecular flexibility index (Phi) is 8.64. The maximum Gasteiger partial charge on any atom is 0.408 e. The molecule has 210 valence electrons. The van der Waals surface area contributed by atoms with Crippen molar-refractivity contribution in [3.63, 3.8) is 0 Å². The zero-order chi connectivity index (χ0) is 28.2. The van der Waals surface area contributed by atoms with Crippen molar-refractivity contribution in [2.24, 2.45) is 10.7 Å². The number of nitrogens with two attached hydrogens (primary N) is 1. The van der Waals surface area contributed by atoms with Gasteiger partial charge in [0.05, 0.1) is 6.04 Å². The number of piperidine rings is 1. The van der Waals surface area contributed by atoms with Crippen LogP contribution in [0.15, 0.2) is 53.5 Å². The summed E-state index contributed by atoms with van der Waals surface area (Å²) in [6.45, 7) is 11.4. The number of benzene rings is 2. The minimum atomic E-state index is -1.09. The third-order valence-corrected chi connectivity index (χ3v) is 7.61. The summed E-state index contributed by atoms with van der Waals surface area (Å²) in [5.41, 5.74) is 9.14. The first-order chi connectivity index (χ1) is 18.5. The maximum absolute atomic E-state index is 14.3. The average Bonchev–Trinajstić information content (AvgIpc) is 2.89. The number of ether oxygens (including phenoxy) is 2. The molecule has 8 nitrogen and oxygen atoms in total. The number of carbonyl (C=O) groups is 2. The maximum atomic E-state index is 14.3. The number of amidine groups is 1. The lowest BCUT2D eigenvalue weighted by atomic mass is 9.83. The molecule has 2 aliphatic heterocycles. The van der Waals surface area contributed by atoms with Gasteiger partial charge in [0.15, 0.2) is 0 Å². The molecule has 2 saturated heterocycles. The molecule has 3 N–H and O–H groups in total. The molecule has 2 aliphatic rings. The van der Waals surface area contributed by atoms with Crippen molar-refractivity contribution < 1.29 is 19.1 Å². The third kappa shape index (κ3) is 7.18. The van der Waals surface area contributed by atoms with Gasteiger partial charge in [-0.1, -0.05) is 48.5 Å². The molecule has 2 aromatic rings. The minimum absolute atomic E-state index is 0.0812. The molecule has 0 spiro atoms. The van der Waals surface area contributed by atoms with Gasteiger partial charge in [0.1, 0.15) is 17.0 Å².